The molecule has 0 saturated carbocycles. The molecule has 0 aliphatic carbocycles. The van der Waals surface area contributed by atoms with Crippen molar-refractivity contribution < 1.29 is 18.7 Å². The molecule has 1 aromatic carbocycles. The number of rotatable bonds is 4. The van der Waals surface area contributed by atoms with Crippen LogP contribution in [0.25, 0.3) is 0 Å². The van der Waals surface area contributed by atoms with Crippen molar-refractivity contribution >= 4 is 17.6 Å². The predicted octanol–water partition coefficient (Wildman–Crippen LogP) is 1.54. The Morgan fingerprint density at radius 2 is 1.79 bits per heavy atom. The second kappa shape index (κ2) is 8.57. The molecule has 2 aromatic rings. The Bertz CT molecular complexity index is 866. The van der Waals surface area contributed by atoms with Gasteiger partial charge >= 0.3 is 0 Å². The van der Waals surface area contributed by atoms with Gasteiger partial charge in [0.15, 0.2) is 0 Å². The van der Waals surface area contributed by atoms with Gasteiger partial charge in [0.25, 0.3) is 5.91 Å². The lowest BCUT2D eigenvalue weighted by atomic mass is 10.2. The van der Waals surface area contributed by atoms with Gasteiger partial charge in [0, 0.05) is 38.9 Å². The largest absolute Gasteiger partial charge is 0.378 e. The first-order valence-corrected chi connectivity index (χ1v) is 9.70. The second-order valence-electron chi connectivity index (χ2n) is 7.17. The van der Waals surface area contributed by atoms with Crippen molar-refractivity contribution in [2.75, 3.05) is 50.8 Å². The van der Waals surface area contributed by atoms with E-state index in [1.165, 1.54) is 12.1 Å². The quantitative estimate of drug-likeness (QED) is 0.782. The van der Waals surface area contributed by atoms with Crippen LogP contribution in [-0.4, -0.2) is 72.5 Å². The van der Waals surface area contributed by atoms with Crippen molar-refractivity contribution in [3.05, 3.63) is 59.5 Å². The summed E-state index contributed by atoms with van der Waals surface area (Å²) < 4.78 is 18.3. The number of hydrogen-bond acceptors (Lipinski definition) is 5. The van der Waals surface area contributed by atoms with Crippen LogP contribution in [0.1, 0.15) is 15.9 Å². The highest BCUT2D eigenvalue weighted by Gasteiger charge is 2.25. The number of nitrogens with zero attached hydrogens (tertiary/aromatic N) is 4. The second-order valence-corrected chi connectivity index (χ2v) is 7.17. The highest BCUT2D eigenvalue weighted by atomic mass is 19.1. The minimum Gasteiger partial charge on any atom is -0.378 e. The summed E-state index contributed by atoms with van der Waals surface area (Å²) in [6.45, 7) is 4.20. The summed E-state index contributed by atoms with van der Waals surface area (Å²) >= 11 is 0. The molecule has 0 bridgehead atoms. The number of halogens is 1. The summed E-state index contributed by atoms with van der Waals surface area (Å²) in [5.74, 6) is 0.341. The van der Waals surface area contributed by atoms with E-state index >= 15 is 0 Å². The number of carbonyl (C=O) groups excluding carboxylic acids is 2. The lowest BCUT2D eigenvalue weighted by Gasteiger charge is -2.35. The van der Waals surface area contributed by atoms with Crippen LogP contribution in [0.5, 0.6) is 0 Å². The zero-order valence-electron chi connectivity index (χ0n) is 16.1. The van der Waals surface area contributed by atoms with Crippen molar-refractivity contribution in [2.45, 2.75) is 6.54 Å². The van der Waals surface area contributed by atoms with Crippen LogP contribution in [0.3, 0.4) is 0 Å². The highest BCUT2D eigenvalue weighted by Crippen LogP contribution is 2.17. The summed E-state index contributed by atoms with van der Waals surface area (Å²) in [6, 6.07) is 9.74. The maximum absolute atomic E-state index is 13.0. The molecule has 7 nitrogen and oxygen atoms in total. The monoisotopic (exact) mass is 398 g/mol. The van der Waals surface area contributed by atoms with Crippen LogP contribution in [0, 0.1) is 5.82 Å². The summed E-state index contributed by atoms with van der Waals surface area (Å²) in [6.07, 6.45) is 1.57. The Morgan fingerprint density at radius 1 is 1.03 bits per heavy atom. The van der Waals surface area contributed by atoms with Gasteiger partial charge < -0.3 is 19.4 Å². The van der Waals surface area contributed by atoms with Gasteiger partial charge in [-0.25, -0.2) is 9.37 Å². The molecule has 0 radical (unpaired) electrons. The third kappa shape index (κ3) is 4.54. The Kier molecular flexibility index (Phi) is 5.71. The highest BCUT2D eigenvalue weighted by molar-refractivity contribution is 5.94. The molecular weight excluding hydrogens is 375 g/mol. The maximum Gasteiger partial charge on any atom is 0.255 e. The number of pyridine rings is 1. The number of benzene rings is 1. The SMILES string of the molecule is O=C1CN(c2ccc(C(=O)N3CCOCC3)cn2)CCN1Cc1ccc(F)cc1. The number of piperazine rings is 1. The maximum atomic E-state index is 13.0. The van der Waals surface area contributed by atoms with E-state index in [0.717, 1.165) is 5.56 Å². The summed E-state index contributed by atoms with van der Waals surface area (Å²) in [4.78, 5) is 34.9. The molecule has 29 heavy (non-hydrogen) atoms. The van der Waals surface area contributed by atoms with Crippen LogP contribution < -0.4 is 4.90 Å². The fourth-order valence-electron chi connectivity index (χ4n) is 3.53. The normalized spacial score (nSPS) is 17.6. The van der Waals surface area contributed by atoms with Gasteiger partial charge in [-0.05, 0) is 29.8 Å². The summed E-state index contributed by atoms with van der Waals surface area (Å²) in [7, 11) is 0. The molecule has 152 valence electrons. The first-order chi connectivity index (χ1) is 14.1. The van der Waals surface area contributed by atoms with Crippen LogP contribution >= 0.6 is 0 Å². The Balaban J connectivity index is 1.35. The van der Waals surface area contributed by atoms with Gasteiger partial charge in [-0.1, -0.05) is 12.1 Å². The Labute approximate surface area is 168 Å². The number of amides is 2. The number of carbonyl (C=O) groups is 2. The average Bonchev–Trinajstić information content (AvgIpc) is 2.77. The molecule has 2 aliphatic heterocycles. The van der Waals surface area contributed by atoms with E-state index in [1.807, 2.05) is 4.90 Å². The Morgan fingerprint density at radius 3 is 2.45 bits per heavy atom. The zero-order valence-corrected chi connectivity index (χ0v) is 16.1. The molecule has 3 heterocycles. The lowest BCUT2D eigenvalue weighted by molar-refractivity contribution is -0.131. The molecule has 4 rings (SSSR count). The number of anilines is 1. The first kappa shape index (κ1) is 19.3. The van der Waals surface area contributed by atoms with Gasteiger partial charge in [0.05, 0.1) is 25.3 Å². The topological polar surface area (TPSA) is 66.0 Å². The van der Waals surface area contributed by atoms with Crippen LogP contribution in [0.15, 0.2) is 42.6 Å². The van der Waals surface area contributed by atoms with E-state index in [2.05, 4.69) is 4.98 Å². The fourth-order valence-corrected chi connectivity index (χ4v) is 3.53. The summed E-state index contributed by atoms with van der Waals surface area (Å²) in [5.41, 5.74) is 1.44. The van der Waals surface area contributed by atoms with E-state index in [9.17, 15) is 14.0 Å². The number of morpholine rings is 1. The lowest BCUT2D eigenvalue weighted by Crippen LogP contribution is -2.50. The van der Waals surface area contributed by atoms with Gasteiger partial charge in [-0.2, -0.15) is 0 Å². The minimum absolute atomic E-state index is 0.00385. The van der Waals surface area contributed by atoms with Crippen molar-refractivity contribution in [2.24, 2.45) is 0 Å². The fraction of sp³-hybridized carbons (Fsp3) is 0.381. The van der Waals surface area contributed by atoms with Gasteiger partial charge in [0.2, 0.25) is 5.91 Å². The van der Waals surface area contributed by atoms with Crippen LogP contribution in [0.2, 0.25) is 0 Å². The van der Waals surface area contributed by atoms with Gasteiger partial charge in [0.1, 0.15) is 11.6 Å². The molecule has 2 saturated heterocycles. The predicted molar refractivity (Wildman–Crippen MR) is 105 cm³/mol. The van der Waals surface area contributed by atoms with Crippen molar-refractivity contribution in [1.82, 2.24) is 14.8 Å². The molecule has 0 N–H and O–H groups in total. The van der Waals surface area contributed by atoms with Crippen LogP contribution in [0.4, 0.5) is 10.2 Å². The molecule has 0 atom stereocenters. The molecule has 2 fully saturated rings. The van der Waals surface area contributed by atoms with Crippen molar-refractivity contribution in [3.63, 3.8) is 0 Å². The molecule has 2 aliphatic rings. The van der Waals surface area contributed by atoms with Crippen molar-refractivity contribution in [3.8, 4) is 0 Å². The van der Waals surface area contributed by atoms with Gasteiger partial charge in [-0.15, -0.1) is 0 Å². The molecular formula is C21H23FN4O3. The van der Waals surface area contributed by atoms with E-state index < -0.39 is 0 Å². The number of hydrogen-bond donors (Lipinski definition) is 0. The molecule has 0 unspecified atom stereocenters. The van der Waals surface area contributed by atoms with E-state index in [0.29, 0.717) is 57.3 Å². The third-order valence-corrected chi connectivity index (χ3v) is 5.22. The van der Waals surface area contributed by atoms with E-state index in [1.54, 1.807) is 40.3 Å². The third-order valence-electron chi connectivity index (χ3n) is 5.22. The number of aromatic nitrogens is 1. The van der Waals surface area contributed by atoms with Crippen molar-refractivity contribution in [1.29, 1.82) is 0 Å². The van der Waals surface area contributed by atoms with Crippen LogP contribution in [-0.2, 0) is 16.1 Å². The average molecular weight is 398 g/mol. The molecule has 1 aromatic heterocycles. The van der Waals surface area contributed by atoms with E-state index in [4.69, 9.17) is 4.74 Å². The standard InChI is InChI=1S/C21H23FN4O3/c22-18-4-1-16(2-5-18)14-26-8-7-25(15-20(26)27)19-6-3-17(13-23-19)21(28)24-9-11-29-12-10-24/h1-6,13H,7-12,14-15H2. The van der Waals surface area contributed by atoms with E-state index in [-0.39, 0.29) is 24.2 Å². The molecule has 0 spiro atoms. The Hall–Kier alpha value is -3.00. The minimum atomic E-state index is -0.286. The summed E-state index contributed by atoms with van der Waals surface area (Å²) in [5, 5.41) is 0. The zero-order chi connectivity index (χ0) is 20.2. The first-order valence-electron chi connectivity index (χ1n) is 9.70. The molecule has 8 heteroatoms. The van der Waals surface area contributed by atoms with Gasteiger partial charge in [-0.3, -0.25) is 9.59 Å². The number of ether oxygens (including phenoxy) is 1. The molecule has 2 amide bonds. The smallest absolute Gasteiger partial charge is 0.255 e.